The molecule has 2 rings (SSSR count). The maximum Gasteiger partial charge on any atom is 0.281 e. The van der Waals surface area contributed by atoms with E-state index in [0.717, 1.165) is 0 Å². The lowest BCUT2D eigenvalue weighted by Gasteiger charge is -2.07. The Hall–Kier alpha value is -2.03. The van der Waals surface area contributed by atoms with Gasteiger partial charge in [-0.15, -0.1) is 0 Å². The van der Waals surface area contributed by atoms with Gasteiger partial charge in [0.1, 0.15) is 0 Å². The lowest BCUT2D eigenvalue weighted by molar-refractivity contribution is 0.532. The summed E-state index contributed by atoms with van der Waals surface area (Å²) >= 11 is 0. The highest BCUT2D eigenvalue weighted by molar-refractivity contribution is 7.92. The van der Waals surface area contributed by atoms with E-state index in [9.17, 15) is 8.42 Å². The van der Waals surface area contributed by atoms with Crippen LogP contribution in [-0.2, 0) is 17.1 Å². The number of imidazole rings is 1. The second kappa shape index (κ2) is 4.57. The first-order chi connectivity index (χ1) is 8.81. The van der Waals surface area contributed by atoms with E-state index in [0.29, 0.717) is 5.69 Å². The minimum absolute atomic E-state index is 0.0359. The highest BCUT2D eigenvalue weighted by atomic mass is 32.2. The summed E-state index contributed by atoms with van der Waals surface area (Å²) in [4.78, 5) is 3.76. The molecule has 2 aromatic heterocycles. The minimum atomic E-state index is -3.77. The zero-order valence-corrected chi connectivity index (χ0v) is 11.7. The van der Waals surface area contributed by atoms with Crippen LogP contribution < -0.4 is 10.5 Å². The van der Waals surface area contributed by atoms with Crippen molar-refractivity contribution < 1.29 is 8.42 Å². The van der Waals surface area contributed by atoms with Crippen LogP contribution in [0.25, 0.3) is 0 Å². The molecule has 3 N–H and O–H groups in total. The molecule has 0 aliphatic carbocycles. The van der Waals surface area contributed by atoms with E-state index >= 15 is 0 Å². The first-order valence-electron chi connectivity index (χ1n) is 5.65. The Labute approximate surface area is 111 Å². The van der Waals surface area contributed by atoms with Crippen molar-refractivity contribution >= 4 is 21.5 Å². The first-order valence-corrected chi connectivity index (χ1v) is 7.13. The molecule has 0 aliphatic rings. The summed E-state index contributed by atoms with van der Waals surface area (Å²) in [5, 5.41) is 4.00. The summed E-state index contributed by atoms with van der Waals surface area (Å²) in [6, 6.07) is 0.153. The molecule has 0 spiro atoms. The number of aromatic nitrogens is 4. The zero-order chi connectivity index (χ0) is 14.2. The second-order valence-electron chi connectivity index (χ2n) is 4.45. The van der Waals surface area contributed by atoms with Crippen molar-refractivity contribution in [2.75, 3.05) is 10.5 Å². The molecule has 0 aliphatic heterocycles. The number of anilines is 2. The molecular weight excluding hydrogens is 268 g/mol. The van der Waals surface area contributed by atoms with Crippen LogP contribution >= 0.6 is 0 Å². The standard InChI is InChI=1S/C10H16N6O2S/c1-7(2)16-5-8(4-13-16)14-19(17,18)10-9(11)12-6-15(10)3/h4-7,14H,11H2,1-3H3. The third-order valence-electron chi connectivity index (χ3n) is 2.55. The van der Waals surface area contributed by atoms with E-state index in [1.54, 1.807) is 17.9 Å². The van der Waals surface area contributed by atoms with Gasteiger partial charge in [-0.25, -0.2) is 4.98 Å². The molecule has 0 saturated heterocycles. The van der Waals surface area contributed by atoms with Gasteiger partial charge in [-0.3, -0.25) is 9.40 Å². The van der Waals surface area contributed by atoms with E-state index in [-0.39, 0.29) is 16.9 Å². The number of nitrogen functional groups attached to an aromatic ring is 1. The number of nitrogens with zero attached hydrogens (tertiary/aromatic N) is 4. The first kappa shape index (κ1) is 13.4. The molecule has 0 radical (unpaired) electrons. The Morgan fingerprint density at radius 1 is 1.42 bits per heavy atom. The number of aryl methyl sites for hydroxylation is 1. The number of sulfonamides is 1. The van der Waals surface area contributed by atoms with Gasteiger partial charge in [0.15, 0.2) is 10.8 Å². The average Bonchev–Trinajstić information content (AvgIpc) is 2.85. The maximum atomic E-state index is 12.2. The number of rotatable bonds is 4. The third kappa shape index (κ3) is 2.55. The van der Waals surface area contributed by atoms with Crippen LogP contribution in [0.1, 0.15) is 19.9 Å². The molecule has 104 valence electrons. The zero-order valence-electron chi connectivity index (χ0n) is 10.9. The number of nitrogens with one attached hydrogen (secondary N) is 1. The maximum absolute atomic E-state index is 12.2. The van der Waals surface area contributed by atoms with Gasteiger partial charge >= 0.3 is 0 Å². The molecule has 2 heterocycles. The predicted molar refractivity (Wildman–Crippen MR) is 71.0 cm³/mol. The topological polar surface area (TPSA) is 108 Å². The third-order valence-corrected chi connectivity index (χ3v) is 4.06. The van der Waals surface area contributed by atoms with Crippen molar-refractivity contribution in [3.8, 4) is 0 Å². The van der Waals surface area contributed by atoms with Crippen LogP contribution in [0.4, 0.5) is 11.5 Å². The Balaban J connectivity index is 2.31. The fourth-order valence-electron chi connectivity index (χ4n) is 1.64. The monoisotopic (exact) mass is 284 g/mol. The Morgan fingerprint density at radius 3 is 2.58 bits per heavy atom. The van der Waals surface area contributed by atoms with Gasteiger partial charge in [-0.1, -0.05) is 0 Å². The smallest absolute Gasteiger partial charge is 0.281 e. The normalized spacial score (nSPS) is 12.0. The predicted octanol–water partition coefficient (Wildman–Crippen LogP) is 0.580. The molecule has 0 bridgehead atoms. The largest absolute Gasteiger partial charge is 0.381 e. The summed E-state index contributed by atoms with van der Waals surface area (Å²) < 4.78 is 29.8. The SMILES string of the molecule is CC(C)n1cc(NS(=O)(=O)c2c(N)ncn2C)cn1. The van der Waals surface area contributed by atoms with Crippen molar-refractivity contribution in [2.45, 2.75) is 24.9 Å². The van der Waals surface area contributed by atoms with Crippen molar-refractivity contribution in [3.63, 3.8) is 0 Å². The number of hydrogen-bond acceptors (Lipinski definition) is 5. The van der Waals surface area contributed by atoms with Crippen LogP contribution in [0.15, 0.2) is 23.7 Å². The molecule has 9 heteroatoms. The van der Waals surface area contributed by atoms with Crippen LogP contribution in [0.5, 0.6) is 0 Å². The number of nitrogens with two attached hydrogens (primary N) is 1. The van der Waals surface area contributed by atoms with Crippen LogP contribution in [0.3, 0.4) is 0 Å². The van der Waals surface area contributed by atoms with E-state index in [1.165, 1.54) is 17.1 Å². The molecule has 19 heavy (non-hydrogen) atoms. The highest BCUT2D eigenvalue weighted by Gasteiger charge is 2.23. The minimum Gasteiger partial charge on any atom is -0.381 e. The lowest BCUT2D eigenvalue weighted by atomic mass is 10.4. The van der Waals surface area contributed by atoms with Crippen molar-refractivity contribution in [1.29, 1.82) is 0 Å². The molecular formula is C10H16N6O2S. The van der Waals surface area contributed by atoms with Gasteiger partial charge in [-0.05, 0) is 13.8 Å². The fourth-order valence-corrected chi connectivity index (χ4v) is 2.91. The molecule has 0 atom stereocenters. The molecule has 0 saturated carbocycles. The molecule has 0 unspecified atom stereocenters. The van der Waals surface area contributed by atoms with Crippen LogP contribution in [0, 0.1) is 0 Å². The van der Waals surface area contributed by atoms with E-state index in [2.05, 4.69) is 14.8 Å². The van der Waals surface area contributed by atoms with Crippen molar-refractivity contribution in [1.82, 2.24) is 19.3 Å². The van der Waals surface area contributed by atoms with Gasteiger partial charge in [-0.2, -0.15) is 13.5 Å². The highest BCUT2D eigenvalue weighted by Crippen LogP contribution is 2.20. The second-order valence-corrected chi connectivity index (χ2v) is 6.05. The molecule has 0 aromatic carbocycles. The molecule has 8 nitrogen and oxygen atoms in total. The Morgan fingerprint density at radius 2 is 2.11 bits per heavy atom. The number of hydrogen-bond donors (Lipinski definition) is 2. The lowest BCUT2D eigenvalue weighted by Crippen LogP contribution is -2.17. The summed E-state index contributed by atoms with van der Waals surface area (Å²) in [7, 11) is -2.21. The van der Waals surface area contributed by atoms with Crippen molar-refractivity contribution in [3.05, 3.63) is 18.7 Å². The Kier molecular flexibility index (Phi) is 3.23. The van der Waals surface area contributed by atoms with Gasteiger partial charge in [0.05, 0.1) is 18.2 Å². The average molecular weight is 284 g/mol. The quantitative estimate of drug-likeness (QED) is 0.853. The molecule has 0 amide bonds. The molecule has 2 aromatic rings. The summed E-state index contributed by atoms with van der Waals surface area (Å²) in [6.45, 7) is 3.90. The van der Waals surface area contributed by atoms with Gasteiger partial charge in [0.25, 0.3) is 10.0 Å². The van der Waals surface area contributed by atoms with Crippen LogP contribution in [0.2, 0.25) is 0 Å². The Bertz CT molecular complexity index is 665. The van der Waals surface area contributed by atoms with Gasteiger partial charge in [0, 0.05) is 19.3 Å². The molecule has 0 fully saturated rings. The summed E-state index contributed by atoms with van der Waals surface area (Å²) in [5.74, 6) is -0.0359. The van der Waals surface area contributed by atoms with Crippen LogP contribution in [-0.4, -0.2) is 27.7 Å². The van der Waals surface area contributed by atoms with Gasteiger partial charge < -0.3 is 10.3 Å². The fraction of sp³-hybridized carbons (Fsp3) is 0.400. The van der Waals surface area contributed by atoms with E-state index in [1.807, 2.05) is 13.8 Å². The summed E-state index contributed by atoms with van der Waals surface area (Å²) in [6.07, 6.45) is 4.42. The summed E-state index contributed by atoms with van der Waals surface area (Å²) in [5.41, 5.74) is 5.95. The van der Waals surface area contributed by atoms with Gasteiger partial charge in [0.2, 0.25) is 0 Å². The van der Waals surface area contributed by atoms with Crippen molar-refractivity contribution in [2.24, 2.45) is 7.05 Å². The van der Waals surface area contributed by atoms with E-state index in [4.69, 9.17) is 5.73 Å². The van der Waals surface area contributed by atoms with E-state index < -0.39 is 10.0 Å².